The minimum Gasteiger partial charge on any atom is -0.390 e. The summed E-state index contributed by atoms with van der Waals surface area (Å²) >= 11 is 0. The third-order valence-corrected chi connectivity index (χ3v) is 1.78. The van der Waals surface area contributed by atoms with Gasteiger partial charge in [-0.05, 0) is 18.2 Å². The molecule has 2 N–H and O–H groups in total. The lowest BCUT2D eigenvalue weighted by Gasteiger charge is -1.91. The Kier molecular flexibility index (Phi) is 2.06. The first-order valence-corrected chi connectivity index (χ1v) is 3.95. The molecular formula is C9H9N3O. The second-order valence-corrected chi connectivity index (χ2v) is 2.67. The van der Waals surface area contributed by atoms with Crippen LogP contribution in [0.15, 0.2) is 30.6 Å². The second-order valence-electron chi connectivity index (χ2n) is 2.67. The lowest BCUT2D eigenvalue weighted by atomic mass is 10.2. The van der Waals surface area contributed by atoms with Crippen molar-refractivity contribution in [3.05, 3.63) is 36.3 Å². The molecule has 0 aliphatic heterocycles. The lowest BCUT2D eigenvalue weighted by Crippen LogP contribution is -1.79. The molecule has 0 fully saturated rings. The van der Waals surface area contributed by atoms with E-state index in [4.69, 9.17) is 5.11 Å². The monoisotopic (exact) mass is 175 g/mol. The van der Waals surface area contributed by atoms with Crippen molar-refractivity contribution in [3.8, 4) is 11.3 Å². The van der Waals surface area contributed by atoms with Crippen LogP contribution in [0.5, 0.6) is 0 Å². The molecule has 0 atom stereocenters. The molecule has 0 saturated carbocycles. The van der Waals surface area contributed by atoms with Crippen molar-refractivity contribution in [2.45, 2.75) is 6.61 Å². The minimum absolute atomic E-state index is 0.0158. The summed E-state index contributed by atoms with van der Waals surface area (Å²) in [6.07, 6.45) is 3.42. The van der Waals surface area contributed by atoms with Crippen molar-refractivity contribution in [2.75, 3.05) is 0 Å². The normalized spacial score (nSPS) is 10.2. The highest BCUT2D eigenvalue weighted by Crippen LogP contribution is 2.15. The van der Waals surface area contributed by atoms with Gasteiger partial charge in [0.2, 0.25) is 0 Å². The van der Waals surface area contributed by atoms with Gasteiger partial charge < -0.3 is 5.11 Å². The Labute approximate surface area is 75.3 Å². The molecular weight excluding hydrogens is 166 g/mol. The first-order chi connectivity index (χ1) is 6.40. The van der Waals surface area contributed by atoms with Crippen molar-refractivity contribution >= 4 is 0 Å². The maximum Gasteiger partial charge on any atom is 0.0925 e. The summed E-state index contributed by atoms with van der Waals surface area (Å²) in [5, 5.41) is 15.6. The highest BCUT2D eigenvalue weighted by Gasteiger charge is 2.01. The van der Waals surface area contributed by atoms with E-state index in [1.807, 2.05) is 18.2 Å². The number of rotatable bonds is 2. The van der Waals surface area contributed by atoms with E-state index in [0.717, 1.165) is 11.3 Å². The average Bonchev–Trinajstić information content (AvgIpc) is 2.67. The molecule has 0 radical (unpaired) electrons. The summed E-state index contributed by atoms with van der Waals surface area (Å²) in [5.41, 5.74) is 2.53. The molecule has 0 aliphatic rings. The fraction of sp³-hybridized carbons (Fsp3) is 0.111. The number of hydrogen-bond donors (Lipinski definition) is 2. The molecule has 2 heterocycles. The molecule has 4 nitrogen and oxygen atoms in total. The molecule has 4 heteroatoms. The minimum atomic E-state index is -0.0158. The molecule has 66 valence electrons. The van der Waals surface area contributed by atoms with Gasteiger partial charge in [0, 0.05) is 18.0 Å². The largest absolute Gasteiger partial charge is 0.390 e. The van der Waals surface area contributed by atoms with Gasteiger partial charge in [0.1, 0.15) is 0 Å². The van der Waals surface area contributed by atoms with Gasteiger partial charge in [0.15, 0.2) is 0 Å². The van der Waals surface area contributed by atoms with E-state index >= 15 is 0 Å². The van der Waals surface area contributed by atoms with Gasteiger partial charge in [-0.25, -0.2) is 0 Å². The van der Waals surface area contributed by atoms with Gasteiger partial charge in [0.25, 0.3) is 0 Å². The first kappa shape index (κ1) is 7.94. The Morgan fingerprint density at radius 3 is 2.69 bits per heavy atom. The highest BCUT2D eigenvalue weighted by atomic mass is 16.3. The van der Waals surface area contributed by atoms with Gasteiger partial charge in [-0.15, -0.1) is 0 Å². The van der Waals surface area contributed by atoms with Crippen LogP contribution in [0.4, 0.5) is 0 Å². The van der Waals surface area contributed by atoms with Crippen LogP contribution < -0.4 is 0 Å². The van der Waals surface area contributed by atoms with Crippen molar-refractivity contribution in [2.24, 2.45) is 0 Å². The SMILES string of the molecule is OCc1cc(-c2ccncc2)n[nH]1. The fourth-order valence-electron chi connectivity index (χ4n) is 1.11. The number of nitrogens with one attached hydrogen (secondary N) is 1. The van der Waals surface area contributed by atoms with Crippen LogP contribution in [-0.2, 0) is 6.61 Å². The summed E-state index contributed by atoms with van der Waals surface area (Å²) in [4.78, 5) is 3.91. The summed E-state index contributed by atoms with van der Waals surface area (Å²) in [5.74, 6) is 0. The van der Waals surface area contributed by atoms with Gasteiger partial charge in [-0.1, -0.05) is 0 Å². The van der Waals surface area contributed by atoms with Gasteiger partial charge in [-0.3, -0.25) is 10.1 Å². The molecule has 0 saturated heterocycles. The maximum absolute atomic E-state index is 8.81. The van der Waals surface area contributed by atoms with Crippen molar-refractivity contribution in [1.29, 1.82) is 0 Å². The fourth-order valence-corrected chi connectivity index (χ4v) is 1.11. The van der Waals surface area contributed by atoms with Gasteiger partial charge in [-0.2, -0.15) is 5.10 Å². The van der Waals surface area contributed by atoms with Crippen LogP contribution in [0.2, 0.25) is 0 Å². The Bertz CT molecular complexity index is 383. The number of H-pyrrole nitrogens is 1. The zero-order valence-corrected chi connectivity index (χ0v) is 6.94. The van der Waals surface area contributed by atoms with Crippen molar-refractivity contribution in [1.82, 2.24) is 15.2 Å². The third kappa shape index (κ3) is 1.57. The van der Waals surface area contributed by atoms with Crippen LogP contribution in [-0.4, -0.2) is 20.3 Å². The van der Waals surface area contributed by atoms with E-state index in [2.05, 4.69) is 15.2 Å². The van der Waals surface area contributed by atoms with Gasteiger partial charge in [0.05, 0.1) is 18.0 Å². The molecule has 0 amide bonds. The smallest absolute Gasteiger partial charge is 0.0925 e. The maximum atomic E-state index is 8.81. The zero-order chi connectivity index (χ0) is 9.10. The second kappa shape index (κ2) is 3.37. The number of aliphatic hydroxyl groups excluding tert-OH is 1. The van der Waals surface area contributed by atoms with Crippen LogP contribution in [0, 0.1) is 0 Å². The van der Waals surface area contributed by atoms with Crippen LogP contribution in [0.25, 0.3) is 11.3 Å². The summed E-state index contributed by atoms with van der Waals surface area (Å²) < 4.78 is 0. The number of nitrogens with zero attached hydrogens (tertiary/aromatic N) is 2. The Hall–Kier alpha value is -1.68. The topological polar surface area (TPSA) is 61.8 Å². The first-order valence-electron chi connectivity index (χ1n) is 3.95. The molecule has 13 heavy (non-hydrogen) atoms. The van der Waals surface area contributed by atoms with Crippen LogP contribution in [0.3, 0.4) is 0 Å². The number of pyridine rings is 1. The predicted molar refractivity (Wildman–Crippen MR) is 47.7 cm³/mol. The lowest BCUT2D eigenvalue weighted by molar-refractivity contribution is 0.276. The number of aromatic nitrogens is 3. The Balaban J connectivity index is 2.36. The Morgan fingerprint density at radius 1 is 1.31 bits per heavy atom. The van der Waals surface area contributed by atoms with Crippen molar-refractivity contribution in [3.63, 3.8) is 0 Å². The molecule has 0 unspecified atom stereocenters. The number of aromatic amines is 1. The average molecular weight is 175 g/mol. The number of hydrogen-bond acceptors (Lipinski definition) is 3. The highest BCUT2D eigenvalue weighted by molar-refractivity contribution is 5.58. The summed E-state index contributed by atoms with van der Waals surface area (Å²) in [6.45, 7) is -0.0158. The molecule has 2 aromatic heterocycles. The van der Waals surface area contributed by atoms with E-state index in [0.29, 0.717) is 5.69 Å². The molecule has 2 aromatic rings. The standard InChI is InChI=1S/C9H9N3O/c13-6-8-5-9(12-11-8)7-1-3-10-4-2-7/h1-5,13H,6H2,(H,11,12). The quantitative estimate of drug-likeness (QED) is 0.714. The summed E-state index contributed by atoms with van der Waals surface area (Å²) in [6, 6.07) is 5.56. The van der Waals surface area contributed by atoms with E-state index in [-0.39, 0.29) is 6.61 Å². The van der Waals surface area contributed by atoms with Gasteiger partial charge >= 0.3 is 0 Å². The van der Waals surface area contributed by atoms with Crippen molar-refractivity contribution < 1.29 is 5.11 Å². The van der Waals surface area contributed by atoms with E-state index in [1.54, 1.807) is 12.4 Å². The molecule has 0 aliphatic carbocycles. The molecule has 0 bridgehead atoms. The summed E-state index contributed by atoms with van der Waals surface area (Å²) in [7, 11) is 0. The van der Waals surface area contributed by atoms with E-state index < -0.39 is 0 Å². The predicted octanol–water partition coefficient (Wildman–Crippen LogP) is 0.964. The van der Waals surface area contributed by atoms with Crippen LogP contribution in [0.1, 0.15) is 5.69 Å². The number of aliphatic hydroxyl groups is 1. The zero-order valence-electron chi connectivity index (χ0n) is 6.94. The third-order valence-electron chi connectivity index (χ3n) is 1.78. The molecule has 0 spiro atoms. The molecule has 2 rings (SSSR count). The van der Waals surface area contributed by atoms with E-state index in [9.17, 15) is 0 Å². The Morgan fingerprint density at radius 2 is 2.08 bits per heavy atom. The van der Waals surface area contributed by atoms with Crippen LogP contribution >= 0.6 is 0 Å². The molecule has 0 aromatic carbocycles. The van der Waals surface area contributed by atoms with E-state index in [1.165, 1.54) is 0 Å².